The number of aryl methyl sites for hydroxylation is 2. The molecule has 2 aromatic heterocycles. The van der Waals surface area contributed by atoms with Crippen LogP contribution in [0, 0.1) is 25.2 Å². The maximum Gasteiger partial charge on any atom is 0.422 e. The Morgan fingerprint density at radius 1 is 1.33 bits per heavy atom. The molecule has 0 aliphatic rings. The van der Waals surface area contributed by atoms with Crippen molar-refractivity contribution in [2.75, 3.05) is 11.9 Å². The zero-order valence-electron chi connectivity index (χ0n) is 15.9. The van der Waals surface area contributed by atoms with Gasteiger partial charge in [-0.1, -0.05) is 0 Å². The third-order valence-corrected chi connectivity index (χ3v) is 4.31. The predicted molar refractivity (Wildman–Crippen MR) is 100 cm³/mol. The largest absolute Gasteiger partial charge is 0.483 e. The average molecular weight is 419 g/mol. The Balaban J connectivity index is 1.77. The van der Waals surface area contributed by atoms with Gasteiger partial charge in [0.05, 0.1) is 12.0 Å². The fraction of sp³-hybridized carbons (Fsp3) is 0.263. The number of ether oxygens (including phenoxy) is 1. The molecule has 11 heteroatoms. The highest BCUT2D eigenvalue weighted by molar-refractivity contribution is 5.92. The Bertz CT molecular complexity index is 1220. The molecular formula is C19H16F3N5O3. The Labute approximate surface area is 167 Å². The van der Waals surface area contributed by atoms with E-state index in [0.29, 0.717) is 22.6 Å². The standard InChI is InChI=1S/C19H16F3N5O3/c1-10-14(11(2)27-16(24-10)7-18(29)26-27)6-17(28)25-13-3-4-15(12(5-13)8-23)30-9-19(20,21)22/h3-5,7H,6,9H2,1-2H3,(H,25,28)(H,26,29). The van der Waals surface area contributed by atoms with Gasteiger partial charge >= 0.3 is 6.18 Å². The molecule has 0 aliphatic heterocycles. The van der Waals surface area contributed by atoms with Crippen molar-refractivity contribution in [3.8, 4) is 11.8 Å². The van der Waals surface area contributed by atoms with Crippen LogP contribution < -0.4 is 15.6 Å². The molecule has 1 aromatic carbocycles. The smallest absolute Gasteiger partial charge is 0.422 e. The number of alkyl halides is 3. The normalized spacial score (nSPS) is 11.3. The Morgan fingerprint density at radius 3 is 2.73 bits per heavy atom. The van der Waals surface area contributed by atoms with Gasteiger partial charge in [0, 0.05) is 28.7 Å². The van der Waals surface area contributed by atoms with Crippen molar-refractivity contribution in [3.05, 3.63) is 57.1 Å². The number of carbonyl (C=O) groups excluding carboxylic acids is 1. The zero-order chi connectivity index (χ0) is 22.1. The summed E-state index contributed by atoms with van der Waals surface area (Å²) in [6, 6.07) is 6.85. The summed E-state index contributed by atoms with van der Waals surface area (Å²) in [6.07, 6.45) is -4.59. The van der Waals surface area contributed by atoms with E-state index in [1.807, 2.05) is 0 Å². The molecule has 2 heterocycles. The molecule has 0 atom stereocenters. The molecule has 0 unspecified atom stereocenters. The number of amides is 1. The van der Waals surface area contributed by atoms with Gasteiger partial charge < -0.3 is 10.1 Å². The molecule has 8 nitrogen and oxygen atoms in total. The Morgan fingerprint density at radius 2 is 2.07 bits per heavy atom. The molecule has 3 aromatic rings. The molecule has 30 heavy (non-hydrogen) atoms. The molecule has 156 valence electrons. The molecule has 0 fully saturated rings. The number of hydrogen-bond acceptors (Lipinski definition) is 5. The molecule has 0 spiro atoms. The molecule has 0 saturated carbocycles. The average Bonchev–Trinajstić information content (AvgIpc) is 3.03. The number of anilines is 1. The number of nitrogens with zero attached hydrogens (tertiary/aromatic N) is 3. The molecule has 0 saturated heterocycles. The number of nitriles is 1. The Hall–Kier alpha value is -3.81. The van der Waals surface area contributed by atoms with Gasteiger partial charge in [0.15, 0.2) is 12.3 Å². The van der Waals surface area contributed by atoms with Crippen molar-refractivity contribution in [1.82, 2.24) is 14.6 Å². The second-order valence-electron chi connectivity index (χ2n) is 6.53. The number of nitrogens with one attached hydrogen (secondary N) is 2. The Kier molecular flexibility index (Phi) is 5.51. The molecule has 0 bridgehead atoms. The van der Waals surface area contributed by atoms with E-state index in [1.54, 1.807) is 19.9 Å². The van der Waals surface area contributed by atoms with Crippen molar-refractivity contribution in [3.63, 3.8) is 0 Å². The van der Waals surface area contributed by atoms with Crippen LogP contribution in [0.2, 0.25) is 0 Å². The molecule has 0 radical (unpaired) electrons. The summed E-state index contributed by atoms with van der Waals surface area (Å²) in [7, 11) is 0. The van der Waals surface area contributed by atoms with Gasteiger partial charge in [-0.25, -0.2) is 9.50 Å². The van der Waals surface area contributed by atoms with Crippen molar-refractivity contribution in [1.29, 1.82) is 5.26 Å². The number of aromatic nitrogens is 3. The number of halogens is 3. The number of hydrogen-bond donors (Lipinski definition) is 2. The summed E-state index contributed by atoms with van der Waals surface area (Å²) in [5, 5.41) is 14.3. The molecule has 2 N–H and O–H groups in total. The fourth-order valence-corrected chi connectivity index (χ4v) is 2.96. The minimum atomic E-state index is -4.53. The van der Waals surface area contributed by atoms with E-state index >= 15 is 0 Å². The van der Waals surface area contributed by atoms with Crippen LogP contribution >= 0.6 is 0 Å². The third-order valence-electron chi connectivity index (χ3n) is 4.31. The molecule has 3 rings (SSSR count). The van der Waals surface area contributed by atoms with Gasteiger partial charge in [0.1, 0.15) is 11.8 Å². The first kappa shape index (κ1) is 20.9. The second kappa shape index (κ2) is 7.90. The number of fused-ring (bicyclic) bond motifs is 1. The van der Waals surface area contributed by atoms with Crippen LogP contribution in [0.4, 0.5) is 18.9 Å². The third kappa shape index (κ3) is 4.60. The van der Waals surface area contributed by atoms with Crippen molar-refractivity contribution >= 4 is 17.2 Å². The van der Waals surface area contributed by atoms with Gasteiger partial charge in [-0.2, -0.15) is 18.4 Å². The van der Waals surface area contributed by atoms with Gasteiger partial charge in [-0.15, -0.1) is 0 Å². The van der Waals surface area contributed by atoms with Crippen LogP contribution in [0.25, 0.3) is 5.65 Å². The number of carbonyl (C=O) groups is 1. The van der Waals surface area contributed by atoms with E-state index in [0.717, 1.165) is 0 Å². The summed E-state index contributed by atoms with van der Waals surface area (Å²) in [4.78, 5) is 28.3. The molecular weight excluding hydrogens is 403 g/mol. The number of aromatic amines is 1. The topological polar surface area (TPSA) is 112 Å². The minimum absolute atomic E-state index is 0.0605. The maximum atomic E-state index is 12.5. The van der Waals surface area contributed by atoms with Crippen molar-refractivity contribution < 1.29 is 22.7 Å². The minimum Gasteiger partial charge on any atom is -0.483 e. The van der Waals surface area contributed by atoms with E-state index in [2.05, 4.69) is 20.1 Å². The van der Waals surface area contributed by atoms with Gasteiger partial charge in [0.2, 0.25) is 5.91 Å². The number of rotatable bonds is 5. The van der Waals surface area contributed by atoms with Crippen LogP contribution in [-0.2, 0) is 11.2 Å². The lowest BCUT2D eigenvalue weighted by Crippen LogP contribution is -2.20. The first-order valence-electron chi connectivity index (χ1n) is 8.69. The lowest BCUT2D eigenvalue weighted by molar-refractivity contribution is -0.153. The van der Waals surface area contributed by atoms with Crippen LogP contribution in [-0.4, -0.2) is 33.3 Å². The summed E-state index contributed by atoms with van der Waals surface area (Å²) in [5.74, 6) is -0.657. The quantitative estimate of drug-likeness (QED) is 0.660. The van der Waals surface area contributed by atoms with E-state index in [9.17, 15) is 22.8 Å². The summed E-state index contributed by atoms with van der Waals surface area (Å²) in [6.45, 7) is 1.93. The monoisotopic (exact) mass is 419 g/mol. The lowest BCUT2D eigenvalue weighted by atomic mass is 10.1. The van der Waals surface area contributed by atoms with E-state index in [4.69, 9.17) is 5.26 Å². The SMILES string of the molecule is Cc1nc2cc(=O)[nH]n2c(C)c1CC(=O)Nc1ccc(OCC(F)(F)F)c(C#N)c1. The van der Waals surface area contributed by atoms with Gasteiger partial charge in [-0.05, 0) is 32.0 Å². The molecule has 0 aliphatic carbocycles. The maximum absolute atomic E-state index is 12.5. The first-order valence-corrected chi connectivity index (χ1v) is 8.69. The fourth-order valence-electron chi connectivity index (χ4n) is 2.96. The van der Waals surface area contributed by atoms with Crippen molar-refractivity contribution in [2.24, 2.45) is 0 Å². The zero-order valence-corrected chi connectivity index (χ0v) is 15.9. The van der Waals surface area contributed by atoms with Gasteiger partial charge in [0.25, 0.3) is 5.56 Å². The van der Waals surface area contributed by atoms with Gasteiger partial charge in [-0.3, -0.25) is 14.7 Å². The number of benzene rings is 1. The highest BCUT2D eigenvalue weighted by Gasteiger charge is 2.29. The molecule has 1 amide bonds. The van der Waals surface area contributed by atoms with Crippen molar-refractivity contribution in [2.45, 2.75) is 26.4 Å². The van der Waals surface area contributed by atoms with Crippen LogP contribution in [0.1, 0.15) is 22.5 Å². The highest BCUT2D eigenvalue weighted by Crippen LogP contribution is 2.25. The second-order valence-corrected chi connectivity index (χ2v) is 6.53. The van der Waals surface area contributed by atoms with E-state index in [-0.39, 0.29) is 29.0 Å². The lowest BCUT2D eigenvalue weighted by Gasteiger charge is -2.13. The van der Waals surface area contributed by atoms with E-state index < -0.39 is 18.7 Å². The first-order chi connectivity index (χ1) is 14.1. The van der Waals surface area contributed by atoms with Crippen LogP contribution in [0.15, 0.2) is 29.1 Å². The highest BCUT2D eigenvalue weighted by atomic mass is 19.4. The van der Waals surface area contributed by atoms with Crippen LogP contribution in [0.5, 0.6) is 5.75 Å². The van der Waals surface area contributed by atoms with E-state index in [1.165, 1.54) is 28.8 Å². The summed E-state index contributed by atoms with van der Waals surface area (Å²) < 4.78 is 43.0. The van der Waals surface area contributed by atoms with Crippen LogP contribution in [0.3, 0.4) is 0 Å². The summed E-state index contributed by atoms with van der Waals surface area (Å²) in [5.41, 5.74) is 2.04. The predicted octanol–water partition coefficient (Wildman–Crippen LogP) is 2.63. The summed E-state index contributed by atoms with van der Waals surface area (Å²) >= 11 is 0. The number of H-pyrrole nitrogens is 1.